The smallest absolute Gasteiger partial charge is 0.291 e. The Hall–Kier alpha value is -3.77. The van der Waals surface area contributed by atoms with Gasteiger partial charge in [-0.15, -0.1) is 11.8 Å². The number of aryl methyl sites for hydroxylation is 3. The SMILES string of the molecule is Cc1ccccc1CSCc1ccc(C(=O)Nc2ccc3nc(CCc4ccccc4)[nH]c3c2)o1. The molecule has 2 aromatic heterocycles. The molecule has 0 aliphatic carbocycles. The number of aromatic nitrogens is 2. The number of nitrogens with zero attached hydrogens (tertiary/aromatic N) is 1. The summed E-state index contributed by atoms with van der Waals surface area (Å²) in [6.07, 6.45) is 1.76. The highest BCUT2D eigenvalue weighted by Crippen LogP contribution is 2.23. The number of aromatic amines is 1. The first kappa shape index (κ1) is 23.0. The first-order valence-corrected chi connectivity index (χ1v) is 12.8. The van der Waals surface area contributed by atoms with Crippen LogP contribution in [0.1, 0.15) is 38.8 Å². The summed E-state index contributed by atoms with van der Waals surface area (Å²) in [5.74, 6) is 3.40. The van der Waals surface area contributed by atoms with Crippen LogP contribution in [0.3, 0.4) is 0 Å². The number of carbonyl (C=O) groups excluding carboxylic acids is 1. The number of fused-ring (bicyclic) bond motifs is 1. The van der Waals surface area contributed by atoms with Gasteiger partial charge in [0.25, 0.3) is 5.91 Å². The second-order valence-corrected chi connectivity index (χ2v) is 9.53. The summed E-state index contributed by atoms with van der Waals surface area (Å²) >= 11 is 1.77. The van der Waals surface area contributed by atoms with Crippen molar-refractivity contribution in [1.29, 1.82) is 0 Å². The van der Waals surface area contributed by atoms with E-state index in [0.717, 1.165) is 41.2 Å². The fraction of sp³-hybridized carbons (Fsp3) is 0.172. The van der Waals surface area contributed by atoms with E-state index in [2.05, 4.69) is 70.7 Å². The van der Waals surface area contributed by atoms with Gasteiger partial charge >= 0.3 is 0 Å². The topological polar surface area (TPSA) is 70.9 Å². The average Bonchev–Trinajstić information content (AvgIpc) is 3.51. The third-order valence-electron chi connectivity index (χ3n) is 5.93. The molecule has 0 aliphatic rings. The molecule has 0 spiro atoms. The molecule has 0 radical (unpaired) electrons. The second-order valence-electron chi connectivity index (χ2n) is 8.54. The molecule has 0 fully saturated rings. The van der Waals surface area contributed by atoms with E-state index in [0.29, 0.717) is 17.2 Å². The van der Waals surface area contributed by atoms with Crippen LogP contribution in [-0.2, 0) is 24.3 Å². The van der Waals surface area contributed by atoms with E-state index in [-0.39, 0.29) is 5.91 Å². The Morgan fingerprint density at radius 2 is 1.77 bits per heavy atom. The van der Waals surface area contributed by atoms with Crippen LogP contribution in [0.4, 0.5) is 5.69 Å². The quantitative estimate of drug-likeness (QED) is 0.239. The van der Waals surface area contributed by atoms with Crippen LogP contribution in [0.5, 0.6) is 0 Å². The lowest BCUT2D eigenvalue weighted by Gasteiger charge is -2.04. The minimum atomic E-state index is -0.261. The maximum absolute atomic E-state index is 12.7. The number of benzene rings is 3. The predicted molar refractivity (Wildman–Crippen MR) is 143 cm³/mol. The lowest BCUT2D eigenvalue weighted by atomic mass is 10.1. The Labute approximate surface area is 209 Å². The fourth-order valence-corrected chi connectivity index (χ4v) is 4.97. The van der Waals surface area contributed by atoms with Gasteiger partial charge in [-0.05, 0) is 60.4 Å². The van der Waals surface area contributed by atoms with Crippen molar-refractivity contribution in [1.82, 2.24) is 9.97 Å². The van der Waals surface area contributed by atoms with Crippen molar-refractivity contribution < 1.29 is 9.21 Å². The summed E-state index contributed by atoms with van der Waals surface area (Å²) < 4.78 is 5.80. The Morgan fingerprint density at radius 3 is 2.63 bits per heavy atom. The minimum absolute atomic E-state index is 0.261. The molecule has 0 unspecified atom stereocenters. The van der Waals surface area contributed by atoms with E-state index in [1.54, 1.807) is 17.8 Å². The van der Waals surface area contributed by atoms with Gasteiger partial charge in [0.2, 0.25) is 0 Å². The van der Waals surface area contributed by atoms with Gasteiger partial charge in [-0.3, -0.25) is 4.79 Å². The Morgan fingerprint density at radius 1 is 0.943 bits per heavy atom. The van der Waals surface area contributed by atoms with Gasteiger partial charge in [0.05, 0.1) is 16.8 Å². The third kappa shape index (κ3) is 5.84. The average molecular weight is 482 g/mol. The zero-order valence-corrected chi connectivity index (χ0v) is 20.4. The lowest BCUT2D eigenvalue weighted by molar-refractivity contribution is 0.0995. The molecule has 2 N–H and O–H groups in total. The van der Waals surface area contributed by atoms with Crippen molar-refractivity contribution >= 4 is 34.4 Å². The van der Waals surface area contributed by atoms with Crippen LogP contribution < -0.4 is 5.32 Å². The Balaban J connectivity index is 1.17. The number of hydrogen-bond acceptors (Lipinski definition) is 4. The molecule has 35 heavy (non-hydrogen) atoms. The zero-order valence-electron chi connectivity index (χ0n) is 19.6. The summed E-state index contributed by atoms with van der Waals surface area (Å²) in [4.78, 5) is 20.8. The number of hydrogen-bond donors (Lipinski definition) is 2. The van der Waals surface area contributed by atoms with E-state index in [9.17, 15) is 4.79 Å². The normalized spacial score (nSPS) is 11.1. The molecule has 2 heterocycles. The molecule has 0 bridgehead atoms. The van der Waals surface area contributed by atoms with E-state index >= 15 is 0 Å². The van der Waals surface area contributed by atoms with Gasteiger partial charge < -0.3 is 14.7 Å². The van der Waals surface area contributed by atoms with Crippen LogP contribution in [0.2, 0.25) is 0 Å². The summed E-state index contributed by atoms with van der Waals surface area (Å²) in [5, 5.41) is 2.93. The van der Waals surface area contributed by atoms with Gasteiger partial charge in [0.15, 0.2) is 5.76 Å². The number of rotatable bonds is 9. The highest BCUT2D eigenvalue weighted by Gasteiger charge is 2.13. The van der Waals surface area contributed by atoms with Gasteiger partial charge in [-0.1, -0.05) is 54.6 Å². The number of amides is 1. The Bertz CT molecular complexity index is 1440. The predicted octanol–water partition coefficient (Wildman–Crippen LogP) is 6.94. The van der Waals surface area contributed by atoms with Crippen molar-refractivity contribution in [3.63, 3.8) is 0 Å². The van der Waals surface area contributed by atoms with E-state index in [1.807, 2.05) is 30.3 Å². The molecular formula is C29H27N3O2S. The van der Waals surface area contributed by atoms with Gasteiger partial charge in [-0.25, -0.2) is 4.98 Å². The number of imidazole rings is 1. The van der Waals surface area contributed by atoms with Crippen LogP contribution in [-0.4, -0.2) is 15.9 Å². The molecule has 176 valence electrons. The number of furan rings is 1. The number of anilines is 1. The molecular weight excluding hydrogens is 454 g/mol. The van der Waals surface area contributed by atoms with Crippen LogP contribution in [0.15, 0.2) is 89.3 Å². The summed E-state index contributed by atoms with van der Waals surface area (Å²) in [6, 6.07) is 28.1. The molecule has 6 heteroatoms. The summed E-state index contributed by atoms with van der Waals surface area (Å²) in [7, 11) is 0. The third-order valence-corrected chi connectivity index (χ3v) is 6.93. The standard InChI is InChI=1S/C29H27N3O2S/c1-20-7-5-6-10-22(20)18-35-19-24-13-15-27(34-24)29(33)30-23-12-14-25-26(17-23)32-28(31-25)16-11-21-8-3-2-4-9-21/h2-10,12-15,17H,11,16,18-19H2,1H3,(H,30,33)(H,31,32). The van der Waals surface area contributed by atoms with E-state index in [4.69, 9.17) is 4.42 Å². The van der Waals surface area contributed by atoms with Crippen molar-refractivity contribution in [3.8, 4) is 0 Å². The van der Waals surface area contributed by atoms with E-state index < -0.39 is 0 Å². The molecule has 0 saturated heterocycles. The van der Waals surface area contributed by atoms with Gasteiger partial charge in [0.1, 0.15) is 11.6 Å². The second kappa shape index (κ2) is 10.7. The van der Waals surface area contributed by atoms with Gasteiger partial charge in [0, 0.05) is 17.9 Å². The largest absolute Gasteiger partial charge is 0.455 e. The minimum Gasteiger partial charge on any atom is -0.455 e. The number of thioether (sulfide) groups is 1. The van der Waals surface area contributed by atoms with Crippen molar-refractivity contribution in [2.45, 2.75) is 31.3 Å². The summed E-state index contributed by atoms with van der Waals surface area (Å²) in [6.45, 7) is 2.12. The number of carbonyl (C=O) groups is 1. The van der Waals surface area contributed by atoms with Crippen molar-refractivity contribution in [2.75, 3.05) is 5.32 Å². The highest BCUT2D eigenvalue weighted by atomic mass is 32.2. The highest BCUT2D eigenvalue weighted by molar-refractivity contribution is 7.97. The zero-order chi connectivity index (χ0) is 24.0. The lowest BCUT2D eigenvalue weighted by Crippen LogP contribution is -2.10. The molecule has 0 aliphatic heterocycles. The summed E-state index contributed by atoms with van der Waals surface area (Å²) in [5.41, 5.74) is 6.38. The molecule has 0 saturated carbocycles. The van der Waals surface area contributed by atoms with E-state index in [1.165, 1.54) is 16.7 Å². The van der Waals surface area contributed by atoms with Crippen LogP contribution >= 0.6 is 11.8 Å². The monoisotopic (exact) mass is 481 g/mol. The van der Waals surface area contributed by atoms with Crippen molar-refractivity contribution in [2.24, 2.45) is 0 Å². The Kier molecular flexibility index (Phi) is 7.00. The van der Waals surface area contributed by atoms with Crippen LogP contribution in [0, 0.1) is 6.92 Å². The first-order valence-electron chi connectivity index (χ1n) is 11.7. The first-order chi connectivity index (χ1) is 17.1. The van der Waals surface area contributed by atoms with Crippen LogP contribution in [0.25, 0.3) is 11.0 Å². The molecule has 3 aromatic carbocycles. The fourth-order valence-electron chi connectivity index (χ4n) is 3.97. The number of H-pyrrole nitrogens is 1. The molecule has 5 nitrogen and oxygen atoms in total. The number of nitrogens with one attached hydrogen (secondary N) is 2. The molecule has 5 rings (SSSR count). The molecule has 1 amide bonds. The molecule has 5 aromatic rings. The molecule has 0 atom stereocenters. The van der Waals surface area contributed by atoms with Gasteiger partial charge in [-0.2, -0.15) is 0 Å². The maximum Gasteiger partial charge on any atom is 0.291 e. The maximum atomic E-state index is 12.7. The van der Waals surface area contributed by atoms with Crippen molar-refractivity contribution in [3.05, 3.63) is 119 Å².